The van der Waals surface area contributed by atoms with E-state index in [0.29, 0.717) is 0 Å². The van der Waals surface area contributed by atoms with Gasteiger partial charge < -0.3 is 4.74 Å². The Bertz CT molecular complexity index is 491. The Hall–Kier alpha value is -1.10. The standard InChI is InChI=1S/C15H24N2O2S/c1-10-9-11(2)17-14(16-10)20-8-6-7-12(20)13(18)19-15(3,4)5/h9,12,20H,6-8H2,1-5H3. The molecule has 2 unspecified atom stereocenters. The molecule has 5 heteroatoms. The number of aromatic nitrogens is 2. The van der Waals surface area contributed by atoms with Crippen LogP contribution in [0.5, 0.6) is 0 Å². The molecule has 0 N–H and O–H groups in total. The van der Waals surface area contributed by atoms with Crippen molar-refractivity contribution >= 4 is 16.9 Å². The minimum atomic E-state index is -0.625. The third-order valence-electron chi connectivity index (χ3n) is 3.16. The highest BCUT2D eigenvalue weighted by Gasteiger charge is 2.35. The second-order valence-electron chi connectivity index (χ2n) is 6.34. The van der Waals surface area contributed by atoms with Gasteiger partial charge in [0.25, 0.3) is 0 Å². The largest absolute Gasteiger partial charge is 0.459 e. The first-order chi connectivity index (χ1) is 9.26. The predicted molar refractivity (Wildman–Crippen MR) is 82.5 cm³/mol. The van der Waals surface area contributed by atoms with Gasteiger partial charge >= 0.3 is 5.97 Å². The summed E-state index contributed by atoms with van der Waals surface area (Å²) in [6.45, 7) is 9.69. The van der Waals surface area contributed by atoms with Crippen molar-refractivity contribution < 1.29 is 9.53 Å². The van der Waals surface area contributed by atoms with Gasteiger partial charge in [-0.25, -0.2) is 9.97 Å². The molecule has 0 radical (unpaired) electrons. The van der Waals surface area contributed by atoms with Crippen LogP contribution in [-0.4, -0.2) is 32.5 Å². The second kappa shape index (κ2) is 5.72. The molecule has 0 aromatic carbocycles. The topological polar surface area (TPSA) is 52.1 Å². The zero-order chi connectivity index (χ0) is 14.9. The van der Waals surface area contributed by atoms with Crippen molar-refractivity contribution in [1.82, 2.24) is 9.97 Å². The Morgan fingerprint density at radius 2 is 1.90 bits per heavy atom. The fourth-order valence-corrected chi connectivity index (χ4v) is 5.14. The number of ether oxygens (including phenoxy) is 1. The van der Waals surface area contributed by atoms with Gasteiger partial charge in [0.1, 0.15) is 5.60 Å². The average Bonchev–Trinajstić information content (AvgIpc) is 2.73. The van der Waals surface area contributed by atoms with Crippen LogP contribution >= 0.6 is 10.9 Å². The van der Waals surface area contributed by atoms with E-state index in [4.69, 9.17) is 4.74 Å². The third-order valence-corrected chi connectivity index (χ3v) is 5.89. The van der Waals surface area contributed by atoms with Crippen LogP contribution in [0.3, 0.4) is 0 Å². The number of aryl methyl sites for hydroxylation is 2. The highest BCUT2D eigenvalue weighted by atomic mass is 32.2. The van der Waals surface area contributed by atoms with Gasteiger partial charge in [0.15, 0.2) is 5.16 Å². The molecule has 112 valence electrons. The molecule has 1 aromatic heterocycles. The summed E-state index contributed by atoms with van der Waals surface area (Å²) >= 11 is 0. The summed E-state index contributed by atoms with van der Waals surface area (Å²) in [5.41, 5.74) is 1.53. The van der Waals surface area contributed by atoms with Crippen LogP contribution in [0, 0.1) is 13.8 Å². The lowest BCUT2D eigenvalue weighted by atomic mass is 10.2. The van der Waals surface area contributed by atoms with E-state index in [1.807, 2.05) is 40.7 Å². The van der Waals surface area contributed by atoms with Gasteiger partial charge in [-0.05, 0) is 59.3 Å². The first-order valence-corrected chi connectivity index (χ1v) is 8.68. The molecule has 2 rings (SSSR count). The van der Waals surface area contributed by atoms with Gasteiger partial charge in [-0.1, -0.05) is 0 Å². The summed E-state index contributed by atoms with van der Waals surface area (Å²) in [4.78, 5) is 21.5. The molecule has 0 bridgehead atoms. The van der Waals surface area contributed by atoms with Crippen molar-refractivity contribution in [1.29, 1.82) is 0 Å². The van der Waals surface area contributed by atoms with E-state index in [9.17, 15) is 4.79 Å². The average molecular weight is 296 g/mol. The second-order valence-corrected chi connectivity index (χ2v) is 8.75. The Morgan fingerprint density at radius 3 is 2.45 bits per heavy atom. The fourth-order valence-electron chi connectivity index (χ4n) is 2.46. The van der Waals surface area contributed by atoms with Crippen molar-refractivity contribution in [2.24, 2.45) is 0 Å². The van der Waals surface area contributed by atoms with E-state index >= 15 is 0 Å². The molecule has 0 aliphatic carbocycles. The van der Waals surface area contributed by atoms with Gasteiger partial charge in [-0.15, -0.1) is 0 Å². The molecule has 0 saturated carbocycles. The zero-order valence-corrected chi connectivity index (χ0v) is 13.8. The molecule has 1 saturated heterocycles. The first-order valence-electron chi connectivity index (χ1n) is 7.08. The van der Waals surface area contributed by atoms with E-state index in [-0.39, 0.29) is 11.2 Å². The molecule has 0 amide bonds. The summed E-state index contributed by atoms with van der Waals surface area (Å²) in [6.07, 6.45) is 1.96. The Labute approximate surface area is 123 Å². The predicted octanol–water partition coefficient (Wildman–Crippen LogP) is 2.96. The van der Waals surface area contributed by atoms with E-state index in [2.05, 4.69) is 9.97 Å². The number of hydrogen-bond acceptors (Lipinski definition) is 4. The molecular formula is C15H24N2O2S. The van der Waals surface area contributed by atoms with Crippen molar-refractivity contribution in [3.05, 3.63) is 17.5 Å². The monoisotopic (exact) mass is 296 g/mol. The van der Waals surface area contributed by atoms with Gasteiger partial charge in [-0.2, -0.15) is 10.9 Å². The van der Waals surface area contributed by atoms with Crippen LogP contribution in [-0.2, 0) is 9.53 Å². The van der Waals surface area contributed by atoms with Crippen molar-refractivity contribution in [3.8, 4) is 0 Å². The lowest BCUT2D eigenvalue weighted by Crippen LogP contribution is -2.30. The summed E-state index contributed by atoms with van der Waals surface area (Å²) in [7, 11) is -0.625. The number of nitrogens with zero attached hydrogens (tertiary/aromatic N) is 2. The van der Waals surface area contributed by atoms with Crippen LogP contribution in [0.1, 0.15) is 45.0 Å². The Morgan fingerprint density at radius 1 is 1.30 bits per heavy atom. The summed E-state index contributed by atoms with van der Waals surface area (Å²) in [5.74, 6) is 0.950. The van der Waals surface area contributed by atoms with E-state index in [1.54, 1.807) is 0 Å². The van der Waals surface area contributed by atoms with Crippen LogP contribution in [0.25, 0.3) is 0 Å². The quantitative estimate of drug-likeness (QED) is 0.518. The van der Waals surface area contributed by atoms with Gasteiger partial charge in [0.2, 0.25) is 0 Å². The van der Waals surface area contributed by atoms with E-state index in [0.717, 1.165) is 35.1 Å². The number of carbonyl (C=O) groups excluding carboxylic acids is 1. The fraction of sp³-hybridized carbons (Fsp3) is 0.667. The summed E-state index contributed by atoms with van der Waals surface area (Å²) < 4.78 is 5.56. The van der Waals surface area contributed by atoms with Crippen LogP contribution in [0.15, 0.2) is 11.2 Å². The van der Waals surface area contributed by atoms with Crippen molar-refractivity contribution in [3.63, 3.8) is 0 Å². The number of rotatable bonds is 2. The number of hydrogen-bond donors (Lipinski definition) is 1. The maximum absolute atomic E-state index is 12.4. The maximum atomic E-state index is 12.4. The lowest BCUT2D eigenvalue weighted by molar-refractivity contribution is -0.154. The lowest BCUT2D eigenvalue weighted by Gasteiger charge is -2.26. The smallest absolute Gasteiger partial charge is 0.318 e. The van der Waals surface area contributed by atoms with Gasteiger partial charge in [-0.3, -0.25) is 4.79 Å². The number of carbonyl (C=O) groups is 1. The number of thiol groups is 1. The molecular weight excluding hydrogens is 272 g/mol. The van der Waals surface area contributed by atoms with E-state index in [1.165, 1.54) is 0 Å². The highest BCUT2D eigenvalue weighted by Crippen LogP contribution is 2.47. The molecule has 2 heterocycles. The zero-order valence-electron chi connectivity index (χ0n) is 12.9. The molecule has 2 atom stereocenters. The summed E-state index contributed by atoms with van der Waals surface area (Å²) in [6, 6.07) is 1.97. The Balaban J connectivity index is 2.20. The van der Waals surface area contributed by atoms with E-state index < -0.39 is 16.5 Å². The maximum Gasteiger partial charge on any atom is 0.318 e. The highest BCUT2D eigenvalue weighted by molar-refractivity contribution is 8.18. The van der Waals surface area contributed by atoms with Crippen LogP contribution < -0.4 is 0 Å². The first kappa shape index (κ1) is 15.3. The third kappa shape index (κ3) is 3.72. The normalized spacial score (nSPS) is 24.6. The van der Waals surface area contributed by atoms with Gasteiger partial charge in [0, 0.05) is 11.4 Å². The van der Waals surface area contributed by atoms with Crippen LogP contribution in [0.4, 0.5) is 0 Å². The molecule has 4 nitrogen and oxygen atoms in total. The number of esters is 1. The molecule has 1 aromatic rings. The molecule has 20 heavy (non-hydrogen) atoms. The minimum absolute atomic E-state index is 0.0366. The SMILES string of the molecule is Cc1cc(C)nc([SH]2CCCC2C(=O)OC(C)(C)C)n1. The van der Waals surface area contributed by atoms with Gasteiger partial charge in [0.05, 0.1) is 5.25 Å². The van der Waals surface area contributed by atoms with Crippen molar-refractivity contribution in [2.45, 2.75) is 63.5 Å². The molecule has 1 aliphatic heterocycles. The molecule has 1 fully saturated rings. The van der Waals surface area contributed by atoms with Crippen molar-refractivity contribution in [2.75, 3.05) is 5.75 Å². The minimum Gasteiger partial charge on any atom is -0.459 e. The van der Waals surface area contributed by atoms with Crippen LogP contribution in [0.2, 0.25) is 0 Å². The summed E-state index contributed by atoms with van der Waals surface area (Å²) in [5, 5.41) is 0.830. The molecule has 1 aliphatic rings. The molecule has 0 spiro atoms. The Kier molecular flexibility index (Phi) is 4.37.